The smallest absolute Gasteiger partial charge is 0.227 e. The number of hydrogen-bond donors (Lipinski definition) is 1. The van der Waals surface area contributed by atoms with Gasteiger partial charge in [-0.2, -0.15) is 0 Å². The number of carbonyl (C=O) groups is 3. The second-order valence-corrected chi connectivity index (χ2v) is 7.04. The fourth-order valence-electron chi connectivity index (χ4n) is 2.96. The SMILES string of the molecule is CCc1ccc(N2C[C@@H](C(=O)N[C@H]3CCSC3=O)CC2=O)cc1. The normalized spacial score (nSPS) is 24.3. The summed E-state index contributed by atoms with van der Waals surface area (Å²) in [6, 6.07) is 7.47. The molecule has 2 saturated heterocycles. The van der Waals surface area contributed by atoms with Gasteiger partial charge in [0.1, 0.15) is 0 Å². The molecule has 1 N–H and O–H groups in total. The van der Waals surface area contributed by atoms with E-state index >= 15 is 0 Å². The molecule has 0 radical (unpaired) electrons. The minimum atomic E-state index is -0.388. The monoisotopic (exact) mass is 332 g/mol. The van der Waals surface area contributed by atoms with Gasteiger partial charge in [0.15, 0.2) is 0 Å². The second kappa shape index (κ2) is 6.74. The Balaban J connectivity index is 1.64. The van der Waals surface area contributed by atoms with E-state index in [1.807, 2.05) is 24.3 Å². The Kier molecular flexibility index (Phi) is 4.71. The van der Waals surface area contributed by atoms with Gasteiger partial charge in [-0.1, -0.05) is 30.8 Å². The van der Waals surface area contributed by atoms with E-state index in [2.05, 4.69) is 12.2 Å². The van der Waals surface area contributed by atoms with Crippen LogP contribution in [0.1, 0.15) is 25.3 Å². The Bertz CT molecular complexity index is 629. The molecular weight excluding hydrogens is 312 g/mol. The van der Waals surface area contributed by atoms with E-state index in [-0.39, 0.29) is 35.3 Å². The standard InChI is InChI=1S/C17H20N2O3S/c1-2-11-3-5-13(6-4-11)19-10-12(9-15(19)20)16(21)18-14-7-8-23-17(14)22/h3-6,12,14H,2,7-10H2,1H3,(H,18,21)/t12-,14-/m0/s1. The molecule has 3 rings (SSSR count). The van der Waals surface area contributed by atoms with Crippen LogP contribution in [0.2, 0.25) is 0 Å². The minimum absolute atomic E-state index is 0.0229. The topological polar surface area (TPSA) is 66.5 Å². The lowest BCUT2D eigenvalue weighted by Crippen LogP contribution is -2.41. The average Bonchev–Trinajstić information content (AvgIpc) is 3.14. The summed E-state index contributed by atoms with van der Waals surface area (Å²) in [6.07, 6.45) is 1.83. The number of thioether (sulfide) groups is 1. The van der Waals surface area contributed by atoms with Crippen molar-refractivity contribution < 1.29 is 14.4 Å². The summed E-state index contributed by atoms with van der Waals surface area (Å²) in [5, 5.41) is 2.82. The van der Waals surface area contributed by atoms with Crippen LogP contribution < -0.4 is 10.2 Å². The van der Waals surface area contributed by atoms with Crippen LogP contribution in [0.25, 0.3) is 0 Å². The van der Waals surface area contributed by atoms with E-state index in [0.717, 1.165) is 17.9 Å². The Morgan fingerprint density at radius 3 is 2.65 bits per heavy atom. The number of aryl methyl sites for hydroxylation is 1. The summed E-state index contributed by atoms with van der Waals surface area (Å²) in [5.74, 6) is 0.142. The lowest BCUT2D eigenvalue weighted by molar-refractivity contribution is -0.128. The molecule has 0 aliphatic carbocycles. The van der Waals surface area contributed by atoms with Crippen molar-refractivity contribution in [2.24, 2.45) is 5.92 Å². The highest BCUT2D eigenvalue weighted by Crippen LogP contribution is 2.26. The maximum Gasteiger partial charge on any atom is 0.227 e. The number of benzene rings is 1. The highest BCUT2D eigenvalue weighted by atomic mass is 32.2. The van der Waals surface area contributed by atoms with Crippen LogP contribution in [0.15, 0.2) is 24.3 Å². The molecule has 0 saturated carbocycles. The molecule has 122 valence electrons. The molecule has 2 heterocycles. The zero-order valence-corrected chi connectivity index (χ0v) is 13.9. The van der Waals surface area contributed by atoms with Gasteiger partial charge >= 0.3 is 0 Å². The van der Waals surface area contributed by atoms with Crippen molar-refractivity contribution in [1.82, 2.24) is 5.32 Å². The molecule has 0 bridgehead atoms. The summed E-state index contributed by atoms with van der Waals surface area (Å²) >= 11 is 1.26. The first-order valence-corrected chi connectivity index (χ1v) is 8.93. The number of hydrogen-bond acceptors (Lipinski definition) is 4. The molecule has 2 aliphatic rings. The Morgan fingerprint density at radius 1 is 1.30 bits per heavy atom. The molecule has 2 amide bonds. The third kappa shape index (κ3) is 3.42. The van der Waals surface area contributed by atoms with Gasteiger partial charge in [0, 0.05) is 24.4 Å². The molecule has 2 aliphatic heterocycles. The molecule has 0 spiro atoms. The van der Waals surface area contributed by atoms with E-state index in [1.54, 1.807) is 4.90 Å². The maximum atomic E-state index is 12.3. The van der Waals surface area contributed by atoms with Crippen LogP contribution in [-0.2, 0) is 20.8 Å². The van der Waals surface area contributed by atoms with Gasteiger partial charge in [0.25, 0.3) is 0 Å². The molecular formula is C17H20N2O3S. The van der Waals surface area contributed by atoms with E-state index in [4.69, 9.17) is 0 Å². The molecule has 1 aromatic rings. The van der Waals surface area contributed by atoms with Crippen molar-refractivity contribution >= 4 is 34.4 Å². The first-order chi connectivity index (χ1) is 11.1. The van der Waals surface area contributed by atoms with Crippen molar-refractivity contribution in [3.05, 3.63) is 29.8 Å². The van der Waals surface area contributed by atoms with Crippen molar-refractivity contribution in [3.8, 4) is 0 Å². The van der Waals surface area contributed by atoms with E-state index in [9.17, 15) is 14.4 Å². The maximum absolute atomic E-state index is 12.3. The predicted molar refractivity (Wildman–Crippen MR) is 90.3 cm³/mol. The van der Waals surface area contributed by atoms with Gasteiger partial charge in [-0.05, 0) is 30.5 Å². The summed E-state index contributed by atoms with van der Waals surface area (Å²) in [7, 11) is 0. The van der Waals surface area contributed by atoms with Gasteiger partial charge in [0.05, 0.1) is 12.0 Å². The largest absolute Gasteiger partial charge is 0.345 e. The third-order valence-corrected chi connectivity index (χ3v) is 5.41. The number of nitrogens with one attached hydrogen (secondary N) is 1. The highest BCUT2D eigenvalue weighted by Gasteiger charge is 2.37. The molecule has 23 heavy (non-hydrogen) atoms. The van der Waals surface area contributed by atoms with Crippen molar-refractivity contribution in [2.45, 2.75) is 32.2 Å². The molecule has 6 heteroatoms. The number of rotatable bonds is 4. The molecule has 0 aromatic heterocycles. The van der Waals surface area contributed by atoms with Gasteiger partial charge in [-0.15, -0.1) is 0 Å². The molecule has 1 aromatic carbocycles. The lowest BCUT2D eigenvalue weighted by Gasteiger charge is -2.18. The van der Waals surface area contributed by atoms with E-state index in [1.165, 1.54) is 17.3 Å². The van der Waals surface area contributed by atoms with Crippen LogP contribution in [0.3, 0.4) is 0 Å². The third-order valence-electron chi connectivity index (χ3n) is 4.40. The van der Waals surface area contributed by atoms with Gasteiger partial charge in [-0.25, -0.2) is 0 Å². The zero-order chi connectivity index (χ0) is 16.4. The molecule has 5 nitrogen and oxygen atoms in total. The molecule has 2 atom stereocenters. The summed E-state index contributed by atoms with van der Waals surface area (Å²) < 4.78 is 0. The lowest BCUT2D eigenvalue weighted by atomic mass is 10.1. The van der Waals surface area contributed by atoms with Crippen molar-refractivity contribution in [3.63, 3.8) is 0 Å². The van der Waals surface area contributed by atoms with Crippen LogP contribution in [0.4, 0.5) is 5.69 Å². The van der Waals surface area contributed by atoms with Gasteiger partial charge in [-0.3, -0.25) is 14.4 Å². The van der Waals surface area contributed by atoms with Crippen molar-refractivity contribution in [2.75, 3.05) is 17.2 Å². The van der Waals surface area contributed by atoms with Crippen LogP contribution in [0, 0.1) is 5.92 Å². The Labute approximate surface area is 139 Å². The van der Waals surface area contributed by atoms with Crippen LogP contribution in [-0.4, -0.2) is 35.3 Å². The second-order valence-electron chi connectivity index (χ2n) is 5.94. The van der Waals surface area contributed by atoms with Gasteiger partial charge in [0.2, 0.25) is 16.9 Å². The molecule has 2 fully saturated rings. The fourth-order valence-corrected chi connectivity index (χ4v) is 3.89. The van der Waals surface area contributed by atoms with Crippen molar-refractivity contribution in [1.29, 1.82) is 0 Å². The van der Waals surface area contributed by atoms with Crippen LogP contribution in [0.5, 0.6) is 0 Å². The van der Waals surface area contributed by atoms with E-state index < -0.39 is 0 Å². The zero-order valence-electron chi connectivity index (χ0n) is 13.1. The summed E-state index contributed by atoms with van der Waals surface area (Å²) in [5.41, 5.74) is 2.04. The summed E-state index contributed by atoms with van der Waals surface area (Å²) in [6.45, 7) is 2.46. The Hall–Kier alpha value is -1.82. The average molecular weight is 332 g/mol. The number of amides is 2. The predicted octanol–water partition coefficient (Wildman–Crippen LogP) is 1.75. The minimum Gasteiger partial charge on any atom is -0.345 e. The molecule has 0 unspecified atom stereocenters. The van der Waals surface area contributed by atoms with Crippen LogP contribution >= 0.6 is 11.8 Å². The first-order valence-electron chi connectivity index (χ1n) is 7.94. The number of anilines is 1. The fraction of sp³-hybridized carbons (Fsp3) is 0.471. The first kappa shape index (κ1) is 16.1. The number of carbonyl (C=O) groups excluding carboxylic acids is 3. The van der Waals surface area contributed by atoms with Gasteiger partial charge < -0.3 is 10.2 Å². The highest BCUT2D eigenvalue weighted by molar-refractivity contribution is 8.14. The number of nitrogens with zero attached hydrogens (tertiary/aromatic N) is 1. The summed E-state index contributed by atoms with van der Waals surface area (Å²) in [4.78, 5) is 37.8. The quantitative estimate of drug-likeness (QED) is 0.912. The Morgan fingerprint density at radius 2 is 2.04 bits per heavy atom. The van der Waals surface area contributed by atoms with E-state index in [0.29, 0.717) is 13.0 Å².